The van der Waals surface area contributed by atoms with Gasteiger partial charge in [-0.15, -0.1) is 5.10 Å². The summed E-state index contributed by atoms with van der Waals surface area (Å²) in [5.41, 5.74) is 3.10. The maximum Gasteiger partial charge on any atom is 0.224 e. The van der Waals surface area contributed by atoms with Gasteiger partial charge in [0.1, 0.15) is 11.7 Å². The van der Waals surface area contributed by atoms with Crippen LogP contribution in [-0.2, 0) is 11.2 Å². The molecule has 5 heteroatoms. The highest BCUT2D eigenvalue weighted by Crippen LogP contribution is 2.29. The SMILES string of the molecule is O=C1CCC(n2nnc3ccccc32)N1CCc1ccccc1. The Bertz CT molecular complexity index is 827. The van der Waals surface area contributed by atoms with E-state index in [0.717, 1.165) is 23.9 Å². The van der Waals surface area contributed by atoms with E-state index < -0.39 is 0 Å². The molecule has 1 saturated heterocycles. The van der Waals surface area contributed by atoms with Gasteiger partial charge in [0.2, 0.25) is 5.91 Å². The molecule has 1 unspecified atom stereocenters. The fourth-order valence-electron chi connectivity index (χ4n) is 3.25. The Morgan fingerprint density at radius 3 is 2.70 bits per heavy atom. The molecule has 1 amide bonds. The van der Waals surface area contributed by atoms with E-state index in [4.69, 9.17) is 0 Å². The van der Waals surface area contributed by atoms with Gasteiger partial charge in [-0.1, -0.05) is 47.7 Å². The minimum absolute atomic E-state index is 0.0291. The van der Waals surface area contributed by atoms with Crippen molar-refractivity contribution in [3.05, 3.63) is 60.2 Å². The van der Waals surface area contributed by atoms with E-state index in [2.05, 4.69) is 22.4 Å². The maximum atomic E-state index is 12.3. The Kier molecular flexibility index (Phi) is 3.54. The second-order valence-corrected chi connectivity index (χ2v) is 5.86. The van der Waals surface area contributed by atoms with E-state index in [1.54, 1.807) is 0 Å². The summed E-state index contributed by atoms with van der Waals surface area (Å²) in [5.74, 6) is 0.200. The molecule has 3 aromatic rings. The zero-order valence-electron chi connectivity index (χ0n) is 12.8. The van der Waals surface area contributed by atoms with Crippen LogP contribution in [0.15, 0.2) is 54.6 Å². The van der Waals surface area contributed by atoms with E-state index in [0.29, 0.717) is 13.0 Å². The van der Waals surface area contributed by atoms with Crippen LogP contribution in [0.25, 0.3) is 11.0 Å². The largest absolute Gasteiger partial charge is 0.320 e. The Labute approximate surface area is 134 Å². The molecule has 116 valence electrons. The summed E-state index contributed by atoms with van der Waals surface area (Å²) < 4.78 is 1.89. The van der Waals surface area contributed by atoms with Crippen molar-refractivity contribution in [2.24, 2.45) is 0 Å². The highest BCUT2D eigenvalue weighted by atomic mass is 16.2. The third-order valence-corrected chi connectivity index (χ3v) is 4.44. The van der Waals surface area contributed by atoms with E-state index in [-0.39, 0.29) is 12.1 Å². The molecule has 0 bridgehead atoms. The van der Waals surface area contributed by atoms with Crippen molar-refractivity contribution in [3.8, 4) is 0 Å². The highest BCUT2D eigenvalue weighted by molar-refractivity contribution is 5.79. The van der Waals surface area contributed by atoms with Crippen LogP contribution in [0.5, 0.6) is 0 Å². The van der Waals surface area contributed by atoms with Gasteiger partial charge in [-0.25, -0.2) is 4.68 Å². The predicted molar refractivity (Wildman–Crippen MR) is 87.7 cm³/mol. The van der Waals surface area contributed by atoms with Crippen LogP contribution in [0.4, 0.5) is 0 Å². The first-order chi connectivity index (χ1) is 11.3. The summed E-state index contributed by atoms with van der Waals surface area (Å²) in [7, 11) is 0. The molecule has 1 aliphatic rings. The van der Waals surface area contributed by atoms with Gasteiger partial charge in [-0.2, -0.15) is 0 Å². The van der Waals surface area contributed by atoms with Gasteiger partial charge in [0.05, 0.1) is 5.52 Å². The molecule has 5 nitrogen and oxygen atoms in total. The molecular weight excluding hydrogens is 288 g/mol. The minimum atomic E-state index is -0.0291. The first kappa shape index (κ1) is 13.9. The third-order valence-electron chi connectivity index (χ3n) is 4.44. The molecule has 2 aromatic carbocycles. The van der Waals surface area contributed by atoms with Crippen LogP contribution < -0.4 is 0 Å². The van der Waals surface area contributed by atoms with Gasteiger partial charge in [-0.3, -0.25) is 4.79 Å². The first-order valence-corrected chi connectivity index (χ1v) is 7.96. The topological polar surface area (TPSA) is 51.0 Å². The van der Waals surface area contributed by atoms with Crippen LogP contribution in [-0.4, -0.2) is 32.3 Å². The normalized spacial score (nSPS) is 18.0. The van der Waals surface area contributed by atoms with Gasteiger partial charge < -0.3 is 4.90 Å². The third kappa shape index (κ3) is 2.59. The number of likely N-dealkylation sites (tertiary alicyclic amines) is 1. The maximum absolute atomic E-state index is 12.3. The summed E-state index contributed by atoms with van der Waals surface area (Å²) in [6, 6.07) is 18.2. The number of aromatic nitrogens is 3. The fourth-order valence-corrected chi connectivity index (χ4v) is 3.25. The van der Waals surface area contributed by atoms with E-state index in [1.807, 2.05) is 52.0 Å². The van der Waals surface area contributed by atoms with E-state index in [1.165, 1.54) is 5.56 Å². The average Bonchev–Trinajstić information content (AvgIpc) is 3.17. The smallest absolute Gasteiger partial charge is 0.224 e. The van der Waals surface area contributed by atoms with Gasteiger partial charge >= 0.3 is 0 Å². The quantitative estimate of drug-likeness (QED) is 0.745. The molecule has 23 heavy (non-hydrogen) atoms. The number of amides is 1. The first-order valence-electron chi connectivity index (χ1n) is 7.96. The lowest BCUT2D eigenvalue weighted by Gasteiger charge is -2.25. The Hall–Kier alpha value is -2.69. The molecule has 2 heterocycles. The monoisotopic (exact) mass is 306 g/mol. The molecule has 1 atom stereocenters. The van der Waals surface area contributed by atoms with Crippen LogP contribution in [0.3, 0.4) is 0 Å². The van der Waals surface area contributed by atoms with Crippen molar-refractivity contribution in [3.63, 3.8) is 0 Å². The standard InChI is InChI=1S/C18H18N4O/c23-18-11-10-17(21(18)13-12-14-6-2-1-3-7-14)22-16-9-5-4-8-15(16)19-20-22/h1-9,17H,10-13H2. The molecule has 0 saturated carbocycles. The highest BCUT2D eigenvalue weighted by Gasteiger charge is 2.33. The molecule has 1 aliphatic heterocycles. The van der Waals surface area contributed by atoms with Crippen molar-refractivity contribution in [1.82, 2.24) is 19.9 Å². The number of fused-ring (bicyclic) bond motifs is 1. The number of hydrogen-bond acceptors (Lipinski definition) is 3. The molecule has 0 N–H and O–H groups in total. The van der Waals surface area contributed by atoms with Gasteiger partial charge in [0, 0.05) is 13.0 Å². The summed E-state index contributed by atoms with van der Waals surface area (Å²) in [4.78, 5) is 14.2. The van der Waals surface area contributed by atoms with Crippen molar-refractivity contribution < 1.29 is 4.79 Å². The average molecular weight is 306 g/mol. The Morgan fingerprint density at radius 2 is 1.83 bits per heavy atom. The summed E-state index contributed by atoms with van der Waals surface area (Å²) in [5, 5.41) is 8.51. The van der Waals surface area contributed by atoms with Crippen molar-refractivity contribution >= 4 is 16.9 Å². The number of carbonyl (C=O) groups is 1. The lowest BCUT2D eigenvalue weighted by Crippen LogP contribution is -2.33. The number of rotatable bonds is 4. The zero-order chi connectivity index (χ0) is 15.6. The Balaban J connectivity index is 1.59. The molecule has 0 aliphatic carbocycles. The molecule has 0 spiro atoms. The number of para-hydroxylation sites is 1. The van der Waals surface area contributed by atoms with Gasteiger partial charge in [-0.05, 0) is 30.5 Å². The number of hydrogen-bond donors (Lipinski definition) is 0. The van der Waals surface area contributed by atoms with Crippen molar-refractivity contribution in [1.29, 1.82) is 0 Å². The summed E-state index contributed by atoms with van der Waals surface area (Å²) >= 11 is 0. The van der Waals surface area contributed by atoms with Crippen molar-refractivity contribution in [2.45, 2.75) is 25.4 Å². The number of nitrogens with zero attached hydrogens (tertiary/aromatic N) is 4. The van der Waals surface area contributed by atoms with Gasteiger partial charge in [0.15, 0.2) is 0 Å². The molecule has 4 rings (SSSR count). The molecule has 0 radical (unpaired) electrons. The fraction of sp³-hybridized carbons (Fsp3) is 0.278. The van der Waals surface area contributed by atoms with Gasteiger partial charge in [0.25, 0.3) is 0 Å². The summed E-state index contributed by atoms with van der Waals surface area (Å²) in [6.45, 7) is 0.710. The number of benzene rings is 2. The molecule has 1 fully saturated rings. The van der Waals surface area contributed by atoms with E-state index >= 15 is 0 Å². The van der Waals surface area contributed by atoms with E-state index in [9.17, 15) is 4.79 Å². The zero-order valence-corrected chi connectivity index (χ0v) is 12.8. The molecular formula is C18H18N4O. The van der Waals surface area contributed by atoms with Crippen LogP contribution in [0.1, 0.15) is 24.6 Å². The van der Waals surface area contributed by atoms with Crippen LogP contribution in [0, 0.1) is 0 Å². The second-order valence-electron chi connectivity index (χ2n) is 5.86. The van der Waals surface area contributed by atoms with Crippen LogP contribution >= 0.6 is 0 Å². The predicted octanol–water partition coefficient (Wildman–Crippen LogP) is 2.80. The van der Waals surface area contributed by atoms with Crippen molar-refractivity contribution in [2.75, 3.05) is 6.54 Å². The summed E-state index contributed by atoms with van der Waals surface area (Å²) in [6.07, 6.45) is 2.20. The van der Waals surface area contributed by atoms with Crippen LogP contribution in [0.2, 0.25) is 0 Å². The molecule has 1 aromatic heterocycles. The number of carbonyl (C=O) groups excluding carboxylic acids is 1. The lowest BCUT2D eigenvalue weighted by atomic mass is 10.1. The Morgan fingerprint density at radius 1 is 1.04 bits per heavy atom. The second kappa shape index (κ2) is 5.83. The lowest BCUT2D eigenvalue weighted by molar-refractivity contribution is -0.130. The minimum Gasteiger partial charge on any atom is -0.320 e.